The van der Waals surface area contributed by atoms with Gasteiger partial charge in [-0.25, -0.2) is 21.6 Å². The van der Waals surface area contributed by atoms with Crippen LogP contribution in [-0.4, -0.2) is 104 Å². The van der Waals surface area contributed by atoms with Gasteiger partial charge in [0, 0.05) is 0 Å². The third kappa shape index (κ3) is 25.8. The fraction of sp³-hybridized carbons (Fsp3) is 0.462. The number of rotatable bonds is 14. The predicted molar refractivity (Wildman–Crippen MR) is 156 cm³/mol. The van der Waals surface area contributed by atoms with Crippen molar-refractivity contribution in [3.63, 3.8) is 0 Å². The van der Waals surface area contributed by atoms with Gasteiger partial charge in [0.25, 0.3) is 5.24 Å². The van der Waals surface area contributed by atoms with Gasteiger partial charge >= 0.3 is 75.6 Å². The zero-order valence-electron chi connectivity index (χ0n) is 26.8. The summed E-state index contributed by atoms with van der Waals surface area (Å²) >= 11 is 5.06. The van der Waals surface area contributed by atoms with Crippen LogP contribution in [0.4, 0.5) is 17.6 Å². The predicted octanol–water partition coefficient (Wildman–Crippen LogP) is -2.95. The molecule has 0 heterocycles. The van der Waals surface area contributed by atoms with E-state index in [2.05, 4.69) is 30.4 Å². The normalized spacial score (nSPS) is 10.9. The number of benzene rings is 2. The summed E-state index contributed by atoms with van der Waals surface area (Å²) in [4.78, 5) is 23.6. The molecule has 0 aliphatic heterocycles. The number of aliphatic hydroxyl groups is 1. The maximum absolute atomic E-state index is 12.6. The number of para-hydroxylation sites is 2. The van der Waals surface area contributed by atoms with Gasteiger partial charge in [0.1, 0.15) is 18.1 Å². The summed E-state index contributed by atoms with van der Waals surface area (Å²) in [7, 11) is -11.6. The van der Waals surface area contributed by atoms with Crippen molar-refractivity contribution in [2.24, 2.45) is 0 Å². The fourth-order valence-corrected chi connectivity index (χ4v) is 2.76. The minimum absolute atomic E-state index is 0. The van der Waals surface area contributed by atoms with E-state index in [9.17, 15) is 53.1 Å². The maximum atomic E-state index is 12.6. The summed E-state index contributed by atoms with van der Waals surface area (Å²) < 4.78 is 121. The van der Waals surface area contributed by atoms with E-state index in [-0.39, 0.29) is 65.7 Å². The summed E-state index contributed by atoms with van der Waals surface area (Å²) in [5, 5.41) is -2.10. The van der Waals surface area contributed by atoms with Crippen molar-refractivity contribution in [1.82, 2.24) is 4.90 Å². The molecule has 2 aromatic carbocycles. The van der Waals surface area contributed by atoms with Crippen molar-refractivity contribution >= 4 is 43.0 Å². The second-order valence-corrected chi connectivity index (χ2v) is 11.6. The molecule has 0 aromatic heterocycles. The molecule has 0 atom stereocenters. The van der Waals surface area contributed by atoms with Gasteiger partial charge in [-0.2, -0.15) is 17.6 Å². The summed E-state index contributed by atoms with van der Waals surface area (Å²) in [5.74, 6) is -0.253. The van der Waals surface area contributed by atoms with Crippen LogP contribution in [0, 0.1) is 0 Å². The van der Waals surface area contributed by atoms with Crippen LogP contribution in [0.2, 0.25) is 0 Å². The fourth-order valence-electron chi connectivity index (χ4n) is 2.34. The molecule has 0 fully saturated rings. The number of hydrogen-bond acceptors (Lipinski definition) is 13. The molecule has 0 spiro atoms. The van der Waals surface area contributed by atoms with E-state index in [0.717, 1.165) is 0 Å². The Labute approximate surface area is 326 Å². The van der Waals surface area contributed by atoms with E-state index in [1.54, 1.807) is 30.3 Å². The molecule has 13 nitrogen and oxygen atoms in total. The Morgan fingerprint density at radius 3 is 1.35 bits per heavy atom. The Balaban J connectivity index is -0.000000287. The zero-order valence-corrected chi connectivity index (χ0v) is 33.2. The van der Waals surface area contributed by atoms with Gasteiger partial charge in [0.05, 0.1) is 0 Å². The number of aliphatic hydroxyl groups excluding tert-OH is 1. The maximum Gasteiger partial charge on any atom is 1.00 e. The monoisotopic (exact) mass is 773 g/mol. The molecule has 0 saturated heterocycles. The Morgan fingerprint density at radius 1 is 0.750 bits per heavy atom. The second kappa shape index (κ2) is 27.6. The van der Waals surface area contributed by atoms with Crippen molar-refractivity contribution in [2.75, 3.05) is 46.1 Å². The quantitative estimate of drug-likeness (QED) is 0.0673. The largest absolute Gasteiger partial charge is 1.00 e. The van der Waals surface area contributed by atoms with Gasteiger partial charge in [-0.15, -0.1) is 0 Å². The smallest absolute Gasteiger partial charge is 0.743 e. The van der Waals surface area contributed by atoms with E-state index >= 15 is 0 Å². The van der Waals surface area contributed by atoms with E-state index in [1.807, 2.05) is 18.2 Å². The van der Waals surface area contributed by atoms with E-state index in [1.165, 1.54) is 31.8 Å². The molecule has 0 aliphatic rings. The first-order valence-electron chi connectivity index (χ1n) is 12.9. The molecule has 0 amide bonds. The second-order valence-electron chi connectivity index (χ2n) is 8.18. The average molecular weight is 774 g/mol. The minimum Gasteiger partial charge on any atom is -0.743 e. The van der Waals surface area contributed by atoms with Gasteiger partial charge in [0.15, 0.2) is 40.1 Å². The van der Waals surface area contributed by atoms with Gasteiger partial charge in [0.2, 0.25) is 0 Å². The number of esters is 1. The summed E-state index contributed by atoms with van der Waals surface area (Å²) in [6, 6.07) is 17.0. The molecule has 0 radical (unpaired) electrons. The number of ether oxygens (including phenoxy) is 3. The number of hydrogen-bond donors (Lipinski definition) is 1. The van der Waals surface area contributed by atoms with Crippen molar-refractivity contribution in [3.05, 3.63) is 60.7 Å². The number of carbonyl (C=O) groups excluding carboxylic acids is 2. The molecule has 264 valence electrons. The molecule has 48 heavy (non-hydrogen) atoms. The number of halogens is 5. The Kier molecular flexibility index (Phi) is 30.9. The van der Waals surface area contributed by atoms with Crippen LogP contribution in [0.5, 0.6) is 11.5 Å². The van der Waals surface area contributed by atoms with Crippen LogP contribution in [0.25, 0.3) is 0 Å². The van der Waals surface area contributed by atoms with Crippen LogP contribution >= 0.6 is 11.6 Å². The summed E-state index contributed by atoms with van der Waals surface area (Å²) in [6.45, 7) is 5.55. The van der Waals surface area contributed by atoms with Crippen molar-refractivity contribution in [2.45, 2.75) is 31.3 Å². The molecule has 2 aromatic rings. The molecule has 0 aliphatic carbocycles. The van der Waals surface area contributed by atoms with E-state index in [0.29, 0.717) is 11.5 Å². The molecule has 0 unspecified atom stereocenters. The van der Waals surface area contributed by atoms with E-state index < -0.39 is 61.8 Å². The van der Waals surface area contributed by atoms with Crippen LogP contribution in [0.15, 0.2) is 60.7 Å². The first kappa shape index (κ1) is 53.7. The van der Waals surface area contributed by atoms with Crippen LogP contribution in [0.1, 0.15) is 20.8 Å². The topological polar surface area (TPSA) is 200 Å². The molecule has 0 saturated carbocycles. The standard InChI is InChI=1S/C10H10F2O6S.C8H7ClO2.C6H15N.C2H4F2O4S.2Na/c11-10(12,19(14,15)16)7-18-9(13)6-17-8-4-2-1-3-5-8;9-8(10)6-11-7-4-2-1-3-5-7;1-4-7(5-2)6-3;3-2(4,1-5)9(6,7)8;;/h1-5H,6-7H2,(H,14,15,16);1-5H,6H2;4-6H2,1-3H3;5H,1H2,(H,6,7,8);;/q;;;;2*+1/p-2. The third-order valence-corrected chi connectivity index (χ3v) is 6.67. The molecule has 2 rings (SSSR count). The molecule has 22 heteroatoms. The van der Waals surface area contributed by atoms with Crippen molar-refractivity contribution in [1.29, 1.82) is 0 Å². The van der Waals surface area contributed by atoms with Crippen molar-refractivity contribution in [3.8, 4) is 11.5 Å². The van der Waals surface area contributed by atoms with Crippen LogP contribution < -0.4 is 68.6 Å². The Morgan fingerprint density at radius 2 is 1.10 bits per heavy atom. The molecule has 1 N–H and O–H groups in total. The first-order valence-corrected chi connectivity index (χ1v) is 16.1. The summed E-state index contributed by atoms with van der Waals surface area (Å²) in [5.41, 5.74) is 0. The van der Waals surface area contributed by atoms with Crippen LogP contribution in [-0.2, 0) is 34.6 Å². The van der Waals surface area contributed by atoms with E-state index in [4.69, 9.17) is 26.2 Å². The van der Waals surface area contributed by atoms with Crippen LogP contribution in [0.3, 0.4) is 0 Å². The molecular formula is C26H34ClF4NNa2O12S2. The van der Waals surface area contributed by atoms with Gasteiger partial charge in [-0.1, -0.05) is 57.2 Å². The Bertz CT molecular complexity index is 1360. The Hall–Kier alpha value is -1.07. The first-order chi connectivity index (χ1) is 21.2. The van der Waals surface area contributed by atoms with Gasteiger partial charge in [-0.3, -0.25) is 4.79 Å². The van der Waals surface area contributed by atoms with Gasteiger partial charge < -0.3 is 33.3 Å². The summed E-state index contributed by atoms with van der Waals surface area (Å²) in [6.07, 6.45) is 0. The minimum atomic E-state index is -5.87. The number of nitrogens with zero attached hydrogens (tertiary/aromatic N) is 1. The third-order valence-electron chi connectivity index (χ3n) is 4.85. The van der Waals surface area contributed by atoms with Crippen molar-refractivity contribution < 1.29 is 132 Å². The number of carbonyl (C=O) groups is 2. The SMILES string of the molecule is CCN(CC)CC.O=C(COc1ccccc1)OCC(F)(F)S(=O)(=O)[O-].O=C(Cl)COc1ccccc1.O=S(=O)([O-])C(F)(F)CO.[Na+].[Na+]. The number of alkyl halides is 4. The zero-order chi connectivity index (χ0) is 36.0. The van der Waals surface area contributed by atoms with Gasteiger partial charge in [-0.05, 0) is 55.5 Å². The molecule has 0 bridgehead atoms. The molecular weight excluding hydrogens is 740 g/mol. The average Bonchev–Trinajstić information content (AvgIpc) is 3.00.